The molecule has 0 amide bonds. The van der Waals surface area contributed by atoms with E-state index in [1.165, 1.54) is 4.44 Å². The molecule has 1 N–H and O–H groups in total. The molecule has 0 saturated heterocycles. The maximum absolute atomic E-state index is 9.58. The van der Waals surface area contributed by atoms with Crippen LogP contribution < -0.4 is 0 Å². The van der Waals surface area contributed by atoms with E-state index in [-0.39, 0.29) is 0 Å². The van der Waals surface area contributed by atoms with Crippen LogP contribution in [-0.2, 0) is 0 Å². The number of hydrogen-bond acceptors (Lipinski definition) is 1. The Morgan fingerprint density at radius 1 is 1.38 bits per heavy atom. The molecule has 0 bridgehead atoms. The average molecular weight is 237 g/mol. The van der Waals surface area contributed by atoms with Crippen LogP contribution in [0.4, 0.5) is 0 Å². The van der Waals surface area contributed by atoms with Gasteiger partial charge in [0.1, 0.15) is 0 Å². The number of hydrogen-bond donors (Lipinski definition) is 1. The number of aliphatic hydroxyl groups is 1. The van der Waals surface area contributed by atoms with Gasteiger partial charge in [-0.3, -0.25) is 0 Å². The van der Waals surface area contributed by atoms with Crippen LogP contribution in [0.1, 0.15) is 4.44 Å². The Hall–Kier alpha value is -0.821. The van der Waals surface area contributed by atoms with Gasteiger partial charge in [-0.2, -0.15) is 0 Å². The molecule has 1 aliphatic rings. The number of aliphatic hydroxyl groups excluding tert-OH is 1. The van der Waals surface area contributed by atoms with Crippen molar-refractivity contribution in [2.75, 3.05) is 0 Å². The fourth-order valence-corrected chi connectivity index (χ4v) is 2.63. The maximum atomic E-state index is 9.58. The van der Waals surface area contributed by atoms with E-state index in [0.29, 0.717) is 14.5 Å². The molecule has 13 heavy (non-hydrogen) atoms. The van der Waals surface area contributed by atoms with Gasteiger partial charge in [0.25, 0.3) is 0 Å². The molecule has 1 nitrogen and oxygen atoms in total. The van der Waals surface area contributed by atoms with Crippen LogP contribution in [0.25, 0.3) is 6.08 Å². The predicted octanol–water partition coefficient (Wildman–Crippen LogP) is 1.61. The standard InChI is InChI=1S/C11H10OSe/c12-11-6-2-1-4-9(11)8-10-5-3-7-13-10/h1-8,11-12H. The second-order valence-corrected chi connectivity index (χ2v) is 4.90. The van der Waals surface area contributed by atoms with Gasteiger partial charge in [-0.05, 0) is 0 Å². The molecule has 66 valence electrons. The van der Waals surface area contributed by atoms with E-state index in [4.69, 9.17) is 0 Å². The van der Waals surface area contributed by atoms with Crippen LogP contribution in [-0.4, -0.2) is 25.7 Å². The summed E-state index contributed by atoms with van der Waals surface area (Å²) in [5.74, 6) is 0. The van der Waals surface area contributed by atoms with Gasteiger partial charge in [0.15, 0.2) is 0 Å². The van der Waals surface area contributed by atoms with E-state index < -0.39 is 6.10 Å². The molecule has 0 spiro atoms. The summed E-state index contributed by atoms with van der Waals surface area (Å²) in [6.45, 7) is 0. The van der Waals surface area contributed by atoms with E-state index in [2.05, 4.69) is 23.1 Å². The molecule has 0 radical (unpaired) electrons. The van der Waals surface area contributed by atoms with Crippen molar-refractivity contribution in [2.24, 2.45) is 0 Å². The van der Waals surface area contributed by atoms with Crippen LogP contribution in [0.3, 0.4) is 0 Å². The molecule has 1 aromatic heterocycles. The van der Waals surface area contributed by atoms with E-state index in [0.717, 1.165) is 5.57 Å². The molecular weight excluding hydrogens is 227 g/mol. The van der Waals surface area contributed by atoms with Crippen molar-refractivity contribution in [3.05, 3.63) is 51.4 Å². The first-order valence-electron chi connectivity index (χ1n) is 4.14. The minimum atomic E-state index is -0.428. The molecule has 0 saturated carbocycles. The summed E-state index contributed by atoms with van der Waals surface area (Å²) >= 11 is 0.460. The zero-order valence-corrected chi connectivity index (χ0v) is 8.76. The average Bonchev–Trinajstić information content (AvgIpc) is 2.61. The van der Waals surface area contributed by atoms with Crippen LogP contribution in [0, 0.1) is 0 Å². The van der Waals surface area contributed by atoms with Crippen molar-refractivity contribution >= 4 is 20.6 Å². The molecule has 1 aliphatic carbocycles. The summed E-state index contributed by atoms with van der Waals surface area (Å²) < 4.78 is 1.32. The van der Waals surface area contributed by atoms with Crippen molar-refractivity contribution in [3.63, 3.8) is 0 Å². The van der Waals surface area contributed by atoms with Gasteiger partial charge >= 0.3 is 83.2 Å². The van der Waals surface area contributed by atoms with Gasteiger partial charge in [0.2, 0.25) is 0 Å². The van der Waals surface area contributed by atoms with Gasteiger partial charge in [0.05, 0.1) is 0 Å². The first-order valence-corrected chi connectivity index (χ1v) is 5.99. The fourth-order valence-electron chi connectivity index (χ4n) is 1.22. The van der Waals surface area contributed by atoms with Crippen molar-refractivity contribution < 1.29 is 5.11 Å². The third-order valence-electron chi connectivity index (χ3n) is 1.89. The van der Waals surface area contributed by atoms with E-state index in [1.54, 1.807) is 6.08 Å². The zero-order valence-electron chi connectivity index (χ0n) is 7.05. The van der Waals surface area contributed by atoms with Crippen LogP contribution >= 0.6 is 0 Å². The van der Waals surface area contributed by atoms with Crippen LogP contribution in [0.2, 0.25) is 0 Å². The zero-order chi connectivity index (χ0) is 9.10. The molecule has 0 aliphatic heterocycles. The molecule has 2 rings (SSSR count). The number of rotatable bonds is 1. The molecule has 1 heterocycles. The first kappa shape index (κ1) is 8.76. The van der Waals surface area contributed by atoms with Crippen molar-refractivity contribution in [1.29, 1.82) is 0 Å². The monoisotopic (exact) mass is 238 g/mol. The summed E-state index contributed by atoms with van der Waals surface area (Å²) in [4.78, 5) is 2.17. The van der Waals surface area contributed by atoms with Crippen LogP contribution in [0.5, 0.6) is 0 Å². The predicted molar refractivity (Wildman–Crippen MR) is 55.6 cm³/mol. The summed E-state index contributed by atoms with van der Waals surface area (Å²) in [7, 11) is 0. The molecule has 1 aromatic rings. The number of allylic oxidation sites excluding steroid dienone is 2. The summed E-state index contributed by atoms with van der Waals surface area (Å²) in [5, 5.41) is 9.58. The molecule has 1 atom stereocenters. The van der Waals surface area contributed by atoms with E-state index in [9.17, 15) is 5.11 Å². The van der Waals surface area contributed by atoms with Crippen molar-refractivity contribution in [3.8, 4) is 0 Å². The second-order valence-electron chi connectivity index (χ2n) is 2.85. The molecule has 0 fully saturated rings. The Labute approximate surface area is 83.5 Å². The minimum absolute atomic E-state index is 0.428. The quantitative estimate of drug-likeness (QED) is 0.736. The molecule has 1 unspecified atom stereocenters. The summed E-state index contributed by atoms with van der Waals surface area (Å²) in [5.41, 5.74) is 0.985. The van der Waals surface area contributed by atoms with Crippen molar-refractivity contribution in [2.45, 2.75) is 6.10 Å². The Balaban J connectivity index is 2.26. The van der Waals surface area contributed by atoms with Gasteiger partial charge < -0.3 is 0 Å². The van der Waals surface area contributed by atoms with Gasteiger partial charge in [0, 0.05) is 0 Å². The Bertz CT molecular complexity index is 357. The topological polar surface area (TPSA) is 20.2 Å². The summed E-state index contributed by atoms with van der Waals surface area (Å²) in [6.07, 6.45) is 9.22. The van der Waals surface area contributed by atoms with Crippen molar-refractivity contribution in [1.82, 2.24) is 0 Å². The SMILES string of the molecule is OC1C=CC=CC1=Cc1ccc[se]1. The van der Waals surface area contributed by atoms with Crippen LogP contribution in [0.15, 0.2) is 47.0 Å². The second kappa shape index (κ2) is 3.93. The van der Waals surface area contributed by atoms with Gasteiger partial charge in [-0.15, -0.1) is 0 Å². The van der Waals surface area contributed by atoms with Gasteiger partial charge in [-0.25, -0.2) is 0 Å². The molecule has 2 heteroatoms. The fraction of sp³-hybridized carbons (Fsp3) is 0.0909. The Morgan fingerprint density at radius 2 is 2.31 bits per heavy atom. The van der Waals surface area contributed by atoms with E-state index in [1.807, 2.05) is 18.2 Å². The molecular formula is C11H10OSe. The summed E-state index contributed by atoms with van der Waals surface area (Å²) in [6, 6.07) is 4.17. The Kier molecular flexibility index (Phi) is 2.65. The Morgan fingerprint density at radius 3 is 3.00 bits per heavy atom. The molecule has 0 aromatic carbocycles. The first-order chi connectivity index (χ1) is 6.36. The third kappa shape index (κ3) is 2.10. The van der Waals surface area contributed by atoms with Gasteiger partial charge in [-0.1, -0.05) is 0 Å². The third-order valence-corrected chi connectivity index (χ3v) is 3.61. The normalized spacial score (nSPS) is 24.1. The van der Waals surface area contributed by atoms with E-state index >= 15 is 0 Å².